The van der Waals surface area contributed by atoms with Crippen LogP contribution in [0.4, 0.5) is 5.69 Å². The molecular weight excluding hydrogens is 294 g/mol. The minimum Gasteiger partial charge on any atom is -0.398 e. The second-order valence-corrected chi connectivity index (χ2v) is 5.25. The molecule has 1 heterocycles. The highest BCUT2D eigenvalue weighted by atomic mass is 35.5. The fraction of sp³-hybridized carbons (Fsp3) is 0.429. The van der Waals surface area contributed by atoms with Crippen LogP contribution in [0.3, 0.4) is 0 Å². The van der Waals surface area contributed by atoms with Gasteiger partial charge >= 0.3 is 0 Å². The SMILES string of the molecule is COCC(=O)N1CCN(C(=O)c2ccc(Cl)c(N)c2)CC1. The second-order valence-electron chi connectivity index (χ2n) is 4.84. The predicted molar refractivity (Wildman–Crippen MR) is 80.2 cm³/mol. The van der Waals surface area contributed by atoms with E-state index < -0.39 is 0 Å². The number of piperazine rings is 1. The van der Waals surface area contributed by atoms with Gasteiger partial charge in [0.1, 0.15) is 6.61 Å². The van der Waals surface area contributed by atoms with Gasteiger partial charge in [-0.3, -0.25) is 9.59 Å². The number of hydrogen-bond donors (Lipinski definition) is 1. The van der Waals surface area contributed by atoms with Crippen molar-refractivity contribution in [1.29, 1.82) is 0 Å². The Morgan fingerprint density at radius 3 is 2.43 bits per heavy atom. The molecule has 114 valence electrons. The van der Waals surface area contributed by atoms with E-state index in [0.717, 1.165) is 0 Å². The average Bonchev–Trinajstić information content (AvgIpc) is 2.50. The van der Waals surface area contributed by atoms with Crippen molar-refractivity contribution in [3.63, 3.8) is 0 Å². The van der Waals surface area contributed by atoms with Crippen LogP contribution in [0, 0.1) is 0 Å². The van der Waals surface area contributed by atoms with Gasteiger partial charge in [0.05, 0.1) is 10.7 Å². The van der Waals surface area contributed by atoms with E-state index in [1.807, 2.05) is 0 Å². The van der Waals surface area contributed by atoms with E-state index in [4.69, 9.17) is 22.1 Å². The van der Waals surface area contributed by atoms with Gasteiger partial charge in [-0.05, 0) is 18.2 Å². The summed E-state index contributed by atoms with van der Waals surface area (Å²) in [6.07, 6.45) is 0. The van der Waals surface area contributed by atoms with Crippen LogP contribution in [0.25, 0.3) is 0 Å². The van der Waals surface area contributed by atoms with E-state index in [2.05, 4.69) is 0 Å². The molecule has 2 rings (SSSR count). The molecule has 2 amide bonds. The minimum atomic E-state index is -0.0998. The second kappa shape index (κ2) is 6.78. The highest BCUT2D eigenvalue weighted by molar-refractivity contribution is 6.33. The number of nitrogens with two attached hydrogens (primary N) is 1. The average molecular weight is 312 g/mol. The zero-order chi connectivity index (χ0) is 15.4. The molecule has 0 aromatic heterocycles. The van der Waals surface area contributed by atoms with E-state index in [9.17, 15) is 9.59 Å². The van der Waals surface area contributed by atoms with Gasteiger partial charge < -0.3 is 20.3 Å². The number of hydrogen-bond acceptors (Lipinski definition) is 4. The van der Waals surface area contributed by atoms with Crippen LogP contribution in [-0.2, 0) is 9.53 Å². The van der Waals surface area contributed by atoms with Gasteiger partial charge in [0.15, 0.2) is 0 Å². The number of methoxy groups -OCH3 is 1. The van der Waals surface area contributed by atoms with Crippen molar-refractivity contribution in [3.8, 4) is 0 Å². The van der Waals surface area contributed by atoms with Crippen molar-refractivity contribution in [2.24, 2.45) is 0 Å². The first-order valence-corrected chi connectivity index (χ1v) is 7.01. The van der Waals surface area contributed by atoms with Crippen LogP contribution in [0.1, 0.15) is 10.4 Å². The number of nitrogen functional groups attached to an aromatic ring is 1. The third kappa shape index (κ3) is 3.65. The molecule has 1 aromatic carbocycles. The number of carbonyl (C=O) groups is 2. The van der Waals surface area contributed by atoms with Crippen LogP contribution in [0.2, 0.25) is 5.02 Å². The Morgan fingerprint density at radius 1 is 1.24 bits per heavy atom. The third-order valence-corrected chi connectivity index (χ3v) is 3.77. The maximum atomic E-state index is 12.4. The fourth-order valence-corrected chi connectivity index (χ4v) is 2.35. The number of carbonyl (C=O) groups excluding carboxylic acids is 2. The summed E-state index contributed by atoms with van der Waals surface area (Å²) < 4.78 is 4.83. The topological polar surface area (TPSA) is 75.9 Å². The standard InChI is InChI=1S/C14H18ClN3O3/c1-21-9-13(19)17-4-6-18(7-5-17)14(20)10-2-3-11(15)12(16)8-10/h2-3,8H,4-7,9,16H2,1H3. The summed E-state index contributed by atoms with van der Waals surface area (Å²) in [5.41, 5.74) is 6.61. The number of rotatable bonds is 3. The Morgan fingerprint density at radius 2 is 1.86 bits per heavy atom. The molecule has 0 atom stereocenters. The highest BCUT2D eigenvalue weighted by Crippen LogP contribution is 2.20. The molecule has 1 fully saturated rings. The first-order valence-electron chi connectivity index (χ1n) is 6.64. The monoisotopic (exact) mass is 311 g/mol. The van der Waals surface area contributed by atoms with Crippen LogP contribution in [0.5, 0.6) is 0 Å². The molecule has 0 radical (unpaired) electrons. The Labute approximate surface area is 128 Å². The van der Waals surface area contributed by atoms with Gasteiger partial charge in [0.2, 0.25) is 5.91 Å². The van der Waals surface area contributed by atoms with Gasteiger partial charge in [0.25, 0.3) is 5.91 Å². The van der Waals surface area contributed by atoms with Crippen molar-refractivity contribution >= 4 is 29.1 Å². The Kier molecular flexibility index (Phi) is 5.03. The van der Waals surface area contributed by atoms with Crippen molar-refractivity contribution in [1.82, 2.24) is 9.80 Å². The first-order chi connectivity index (χ1) is 10.0. The van der Waals surface area contributed by atoms with Crippen molar-refractivity contribution in [3.05, 3.63) is 28.8 Å². The van der Waals surface area contributed by atoms with Gasteiger partial charge in [-0.1, -0.05) is 11.6 Å². The van der Waals surface area contributed by atoms with E-state index in [-0.39, 0.29) is 18.4 Å². The summed E-state index contributed by atoms with van der Waals surface area (Å²) in [5.74, 6) is -0.155. The lowest BCUT2D eigenvalue weighted by molar-refractivity contribution is -0.136. The summed E-state index contributed by atoms with van der Waals surface area (Å²) >= 11 is 5.85. The molecule has 2 N–H and O–H groups in total. The van der Waals surface area contributed by atoms with Crippen molar-refractivity contribution in [2.45, 2.75) is 0 Å². The highest BCUT2D eigenvalue weighted by Gasteiger charge is 2.24. The molecule has 1 aliphatic heterocycles. The number of amides is 2. The van der Waals surface area contributed by atoms with Gasteiger partial charge in [0, 0.05) is 38.9 Å². The number of ether oxygens (including phenoxy) is 1. The van der Waals surface area contributed by atoms with Crippen LogP contribution in [-0.4, -0.2) is 61.5 Å². The van der Waals surface area contributed by atoms with Crippen LogP contribution in [0.15, 0.2) is 18.2 Å². The number of nitrogens with zero attached hydrogens (tertiary/aromatic N) is 2. The fourth-order valence-electron chi connectivity index (χ4n) is 2.23. The number of anilines is 1. The van der Waals surface area contributed by atoms with E-state index in [1.54, 1.807) is 28.0 Å². The van der Waals surface area contributed by atoms with Crippen LogP contribution >= 0.6 is 11.6 Å². The summed E-state index contributed by atoms with van der Waals surface area (Å²) in [6, 6.07) is 4.85. The molecular formula is C14H18ClN3O3. The maximum absolute atomic E-state index is 12.4. The van der Waals surface area contributed by atoms with Crippen LogP contribution < -0.4 is 5.73 Å². The summed E-state index contributed by atoms with van der Waals surface area (Å²) in [5, 5.41) is 0.432. The molecule has 7 heteroatoms. The summed E-state index contributed by atoms with van der Waals surface area (Å²) in [4.78, 5) is 27.5. The van der Waals surface area contributed by atoms with Crippen molar-refractivity contribution in [2.75, 3.05) is 45.6 Å². The predicted octanol–water partition coefficient (Wildman–Crippen LogP) is 0.853. The zero-order valence-corrected chi connectivity index (χ0v) is 12.6. The third-order valence-electron chi connectivity index (χ3n) is 3.43. The Hall–Kier alpha value is -1.79. The molecule has 0 bridgehead atoms. The maximum Gasteiger partial charge on any atom is 0.254 e. The lowest BCUT2D eigenvalue weighted by Gasteiger charge is -2.34. The van der Waals surface area contributed by atoms with Gasteiger partial charge in [-0.2, -0.15) is 0 Å². The minimum absolute atomic E-state index is 0.0552. The normalized spacial score (nSPS) is 15.1. The molecule has 1 saturated heterocycles. The quantitative estimate of drug-likeness (QED) is 0.840. The lowest BCUT2D eigenvalue weighted by atomic mass is 10.1. The van der Waals surface area contributed by atoms with Crippen molar-refractivity contribution < 1.29 is 14.3 Å². The molecule has 21 heavy (non-hydrogen) atoms. The molecule has 1 aliphatic rings. The Bertz CT molecular complexity index is 542. The smallest absolute Gasteiger partial charge is 0.254 e. The lowest BCUT2D eigenvalue weighted by Crippen LogP contribution is -2.51. The summed E-state index contributed by atoms with van der Waals surface area (Å²) in [6.45, 7) is 2.09. The van der Waals surface area contributed by atoms with Gasteiger partial charge in [-0.15, -0.1) is 0 Å². The van der Waals surface area contributed by atoms with E-state index in [1.165, 1.54) is 7.11 Å². The summed E-state index contributed by atoms with van der Waals surface area (Å²) in [7, 11) is 1.49. The zero-order valence-electron chi connectivity index (χ0n) is 11.8. The van der Waals surface area contributed by atoms with E-state index >= 15 is 0 Å². The number of benzene rings is 1. The molecule has 0 saturated carbocycles. The molecule has 0 aliphatic carbocycles. The molecule has 0 unspecified atom stereocenters. The molecule has 1 aromatic rings. The molecule has 6 nitrogen and oxygen atoms in total. The van der Waals surface area contributed by atoms with E-state index in [0.29, 0.717) is 42.5 Å². The molecule has 0 spiro atoms. The Balaban J connectivity index is 1.97. The largest absolute Gasteiger partial charge is 0.398 e. The number of halogens is 1. The first kappa shape index (κ1) is 15.6. The van der Waals surface area contributed by atoms with Gasteiger partial charge in [-0.25, -0.2) is 0 Å².